The molecule has 1 fully saturated rings. The Morgan fingerprint density at radius 3 is 2.48 bits per heavy atom. The number of ether oxygens (including phenoxy) is 1. The molecule has 0 aliphatic carbocycles. The van der Waals surface area contributed by atoms with E-state index in [0.29, 0.717) is 24.4 Å². The lowest BCUT2D eigenvalue weighted by molar-refractivity contribution is 0.167. The predicted octanol–water partition coefficient (Wildman–Crippen LogP) is 3.64. The van der Waals surface area contributed by atoms with Crippen molar-refractivity contribution in [2.24, 2.45) is 4.99 Å². The standard InChI is InChI=1S/C20H33FN4O.HI/c1-16(2)25-13-10-18(11-14-25)24-20(22-3)23-12-4-5-15-26-19-8-6-17(21)7-9-19;/h6-9,16,18H,4-5,10-15H2,1-3H3,(H2,22,23,24);1H. The average Bonchev–Trinajstić information content (AvgIpc) is 2.65. The van der Waals surface area contributed by atoms with E-state index in [1.807, 2.05) is 7.05 Å². The van der Waals surface area contributed by atoms with E-state index in [1.165, 1.54) is 12.1 Å². The topological polar surface area (TPSA) is 48.9 Å². The highest BCUT2D eigenvalue weighted by molar-refractivity contribution is 14.0. The number of aliphatic imine (C=N–C) groups is 1. The summed E-state index contributed by atoms with van der Waals surface area (Å²) < 4.78 is 18.4. The van der Waals surface area contributed by atoms with Crippen LogP contribution in [0.15, 0.2) is 29.3 Å². The largest absolute Gasteiger partial charge is 0.494 e. The number of piperidine rings is 1. The third kappa shape index (κ3) is 9.10. The Kier molecular flexibility index (Phi) is 11.7. The van der Waals surface area contributed by atoms with Crippen LogP contribution in [0.3, 0.4) is 0 Å². The summed E-state index contributed by atoms with van der Waals surface area (Å²) in [6.07, 6.45) is 4.25. The molecule has 1 aromatic carbocycles. The van der Waals surface area contributed by atoms with E-state index in [1.54, 1.807) is 12.1 Å². The van der Waals surface area contributed by atoms with E-state index in [-0.39, 0.29) is 29.8 Å². The van der Waals surface area contributed by atoms with Crippen LogP contribution >= 0.6 is 24.0 Å². The molecule has 0 bridgehead atoms. The second-order valence-corrected chi connectivity index (χ2v) is 7.06. The quantitative estimate of drug-likeness (QED) is 0.252. The van der Waals surface area contributed by atoms with Gasteiger partial charge in [0.15, 0.2) is 5.96 Å². The first kappa shape index (κ1) is 23.9. The maximum atomic E-state index is 12.8. The van der Waals surface area contributed by atoms with Gasteiger partial charge in [0.05, 0.1) is 6.61 Å². The number of halogens is 2. The van der Waals surface area contributed by atoms with E-state index in [4.69, 9.17) is 4.74 Å². The van der Waals surface area contributed by atoms with E-state index < -0.39 is 0 Å². The van der Waals surface area contributed by atoms with Gasteiger partial charge in [0.2, 0.25) is 0 Å². The Hall–Kier alpha value is -1.09. The molecule has 0 saturated carbocycles. The zero-order valence-electron chi connectivity index (χ0n) is 16.7. The molecule has 1 saturated heterocycles. The summed E-state index contributed by atoms with van der Waals surface area (Å²) in [5.41, 5.74) is 0. The number of benzene rings is 1. The van der Waals surface area contributed by atoms with Crippen LogP contribution in [0.25, 0.3) is 0 Å². The molecule has 1 aromatic rings. The molecule has 7 heteroatoms. The summed E-state index contributed by atoms with van der Waals surface area (Å²) in [6, 6.07) is 7.27. The monoisotopic (exact) mass is 492 g/mol. The van der Waals surface area contributed by atoms with Gasteiger partial charge in [-0.1, -0.05) is 0 Å². The Morgan fingerprint density at radius 2 is 1.89 bits per heavy atom. The molecular weight excluding hydrogens is 458 g/mol. The second kappa shape index (κ2) is 13.1. The molecule has 2 rings (SSSR count). The van der Waals surface area contributed by atoms with Crippen LogP contribution in [0, 0.1) is 5.82 Å². The van der Waals surface area contributed by atoms with Crippen molar-refractivity contribution in [3.05, 3.63) is 30.1 Å². The van der Waals surface area contributed by atoms with Crippen molar-refractivity contribution in [1.82, 2.24) is 15.5 Å². The van der Waals surface area contributed by atoms with Gasteiger partial charge in [-0.3, -0.25) is 4.99 Å². The van der Waals surface area contributed by atoms with Crippen molar-refractivity contribution in [3.63, 3.8) is 0 Å². The molecular formula is C20H34FIN4O. The van der Waals surface area contributed by atoms with Crippen molar-refractivity contribution in [2.75, 3.05) is 33.3 Å². The SMILES string of the molecule is CN=C(NCCCCOc1ccc(F)cc1)NC1CCN(C(C)C)CC1.I. The molecule has 0 spiro atoms. The van der Waals surface area contributed by atoms with Gasteiger partial charge in [-0.25, -0.2) is 4.39 Å². The van der Waals surface area contributed by atoms with Gasteiger partial charge < -0.3 is 20.3 Å². The van der Waals surface area contributed by atoms with Crippen LogP contribution < -0.4 is 15.4 Å². The summed E-state index contributed by atoms with van der Waals surface area (Å²) >= 11 is 0. The van der Waals surface area contributed by atoms with Crippen LogP contribution in [0.4, 0.5) is 4.39 Å². The van der Waals surface area contributed by atoms with Crippen LogP contribution in [0.5, 0.6) is 5.75 Å². The Labute approximate surface area is 180 Å². The number of hydrogen-bond acceptors (Lipinski definition) is 3. The predicted molar refractivity (Wildman–Crippen MR) is 121 cm³/mol. The maximum Gasteiger partial charge on any atom is 0.191 e. The summed E-state index contributed by atoms with van der Waals surface area (Å²) in [5.74, 6) is 1.35. The molecule has 0 aromatic heterocycles. The zero-order chi connectivity index (χ0) is 18.8. The third-order valence-corrected chi connectivity index (χ3v) is 4.77. The van der Waals surface area contributed by atoms with E-state index >= 15 is 0 Å². The molecule has 27 heavy (non-hydrogen) atoms. The van der Waals surface area contributed by atoms with Crippen molar-refractivity contribution >= 4 is 29.9 Å². The highest BCUT2D eigenvalue weighted by atomic mass is 127. The number of unbranched alkanes of at least 4 members (excludes halogenated alkanes) is 1. The van der Waals surface area contributed by atoms with E-state index in [2.05, 4.69) is 34.4 Å². The molecule has 0 amide bonds. The zero-order valence-corrected chi connectivity index (χ0v) is 19.0. The van der Waals surface area contributed by atoms with Gasteiger partial charge in [-0.15, -0.1) is 24.0 Å². The summed E-state index contributed by atoms with van der Waals surface area (Å²) in [6.45, 7) is 8.30. The van der Waals surface area contributed by atoms with Gasteiger partial charge in [-0.05, 0) is 63.8 Å². The number of guanidine groups is 1. The van der Waals surface area contributed by atoms with Gasteiger partial charge >= 0.3 is 0 Å². The molecule has 0 atom stereocenters. The normalized spacial score (nSPS) is 16.1. The molecule has 5 nitrogen and oxygen atoms in total. The van der Waals surface area contributed by atoms with Gasteiger partial charge in [0, 0.05) is 38.8 Å². The lowest BCUT2D eigenvalue weighted by Gasteiger charge is -2.35. The molecule has 154 valence electrons. The van der Waals surface area contributed by atoms with Crippen LogP contribution in [0.2, 0.25) is 0 Å². The fourth-order valence-electron chi connectivity index (χ4n) is 3.10. The molecule has 1 aliphatic rings. The van der Waals surface area contributed by atoms with Gasteiger partial charge in [0.1, 0.15) is 11.6 Å². The minimum atomic E-state index is -0.240. The number of nitrogens with zero attached hydrogens (tertiary/aromatic N) is 2. The van der Waals surface area contributed by atoms with E-state index in [9.17, 15) is 4.39 Å². The minimum Gasteiger partial charge on any atom is -0.494 e. The Morgan fingerprint density at radius 1 is 1.22 bits per heavy atom. The molecule has 0 unspecified atom stereocenters. The maximum absolute atomic E-state index is 12.8. The van der Waals surface area contributed by atoms with Crippen molar-refractivity contribution < 1.29 is 9.13 Å². The number of rotatable bonds is 8. The van der Waals surface area contributed by atoms with Crippen LogP contribution in [0.1, 0.15) is 39.5 Å². The van der Waals surface area contributed by atoms with Crippen LogP contribution in [-0.2, 0) is 0 Å². The summed E-state index contributed by atoms with van der Waals surface area (Å²) in [4.78, 5) is 6.85. The summed E-state index contributed by atoms with van der Waals surface area (Å²) in [5, 5.41) is 6.91. The van der Waals surface area contributed by atoms with Crippen LogP contribution in [-0.4, -0.2) is 56.2 Å². The Balaban J connectivity index is 0.00000364. The van der Waals surface area contributed by atoms with Gasteiger partial charge in [-0.2, -0.15) is 0 Å². The fraction of sp³-hybridized carbons (Fsp3) is 0.650. The number of nitrogens with one attached hydrogen (secondary N) is 2. The lowest BCUT2D eigenvalue weighted by Crippen LogP contribution is -2.50. The summed E-state index contributed by atoms with van der Waals surface area (Å²) in [7, 11) is 1.82. The first-order valence-electron chi connectivity index (χ1n) is 9.68. The molecule has 1 aliphatic heterocycles. The first-order valence-corrected chi connectivity index (χ1v) is 9.68. The van der Waals surface area contributed by atoms with Gasteiger partial charge in [0.25, 0.3) is 0 Å². The Bertz CT molecular complexity index is 545. The second-order valence-electron chi connectivity index (χ2n) is 7.06. The average molecular weight is 492 g/mol. The van der Waals surface area contributed by atoms with E-state index in [0.717, 1.165) is 51.3 Å². The number of likely N-dealkylation sites (tertiary alicyclic amines) is 1. The molecule has 2 N–H and O–H groups in total. The smallest absolute Gasteiger partial charge is 0.191 e. The highest BCUT2D eigenvalue weighted by Gasteiger charge is 2.21. The van der Waals surface area contributed by atoms with Crippen molar-refractivity contribution in [1.29, 1.82) is 0 Å². The molecule has 1 heterocycles. The minimum absolute atomic E-state index is 0. The third-order valence-electron chi connectivity index (χ3n) is 4.77. The molecule has 0 radical (unpaired) electrons. The van der Waals surface area contributed by atoms with Crippen molar-refractivity contribution in [2.45, 2.75) is 51.6 Å². The fourth-order valence-corrected chi connectivity index (χ4v) is 3.10. The highest BCUT2D eigenvalue weighted by Crippen LogP contribution is 2.13. The van der Waals surface area contributed by atoms with Crippen molar-refractivity contribution in [3.8, 4) is 5.75 Å². The first-order chi connectivity index (χ1) is 12.6. The lowest BCUT2D eigenvalue weighted by atomic mass is 10.0. The number of hydrogen-bond donors (Lipinski definition) is 2.